The lowest BCUT2D eigenvalue weighted by atomic mass is 9.95. The number of nitrogens with two attached hydrogens (primary N) is 1. The van der Waals surface area contributed by atoms with Crippen molar-refractivity contribution in [2.24, 2.45) is 17.6 Å². The second-order valence-corrected chi connectivity index (χ2v) is 8.63. The molecule has 3 N–H and O–H groups in total. The van der Waals surface area contributed by atoms with Gasteiger partial charge >= 0.3 is 5.97 Å². The molecular formula is C22H34N2O4S2. The number of para-hydroxylation sites is 1. The third-order valence-electron chi connectivity index (χ3n) is 4.64. The smallest absolute Gasteiger partial charge is 0.328 e. The molecule has 30 heavy (non-hydrogen) atoms. The van der Waals surface area contributed by atoms with Crippen molar-refractivity contribution in [3.05, 3.63) is 42.0 Å². The summed E-state index contributed by atoms with van der Waals surface area (Å²) in [6.07, 6.45) is 6.42. The van der Waals surface area contributed by atoms with Gasteiger partial charge in [0.25, 0.3) is 5.91 Å². The Labute approximate surface area is 189 Å². The number of methoxy groups -OCH3 is 1. The van der Waals surface area contributed by atoms with Gasteiger partial charge in [-0.3, -0.25) is 4.79 Å². The summed E-state index contributed by atoms with van der Waals surface area (Å²) in [4.78, 5) is 24.9. The van der Waals surface area contributed by atoms with E-state index < -0.39 is 12.0 Å². The molecule has 0 heterocycles. The monoisotopic (exact) mass is 454 g/mol. The van der Waals surface area contributed by atoms with Gasteiger partial charge in [-0.25, -0.2) is 4.79 Å². The van der Waals surface area contributed by atoms with E-state index >= 15 is 0 Å². The molecule has 0 spiro atoms. The summed E-state index contributed by atoms with van der Waals surface area (Å²) >= 11 is 5.80. The van der Waals surface area contributed by atoms with Crippen LogP contribution in [0, 0.1) is 11.8 Å². The lowest BCUT2D eigenvalue weighted by molar-refractivity contribution is -0.142. The van der Waals surface area contributed by atoms with Crippen LogP contribution >= 0.6 is 24.4 Å². The molecular weight excluding hydrogens is 420 g/mol. The molecule has 0 aliphatic carbocycles. The lowest BCUT2D eigenvalue weighted by Crippen LogP contribution is -2.42. The SMILES string of the molecule is COC(=O)C(CCSC)NC(=O)c1ccccc1OCC(C=CC(N)CS)C(C)C. The van der Waals surface area contributed by atoms with E-state index in [1.54, 1.807) is 30.0 Å². The number of esters is 1. The van der Waals surface area contributed by atoms with E-state index in [1.165, 1.54) is 7.11 Å². The highest BCUT2D eigenvalue weighted by Crippen LogP contribution is 2.21. The van der Waals surface area contributed by atoms with Gasteiger partial charge in [0.2, 0.25) is 0 Å². The molecule has 8 heteroatoms. The first-order valence-electron chi connectivity index (χ1n) is 9.98. The van der Waals surface area contributed by atoms with E-state index in [2.05, 4.69) is 31.8 Å². The number of ether oxygens (including phenoxy) is 2. The fraction of sp³-hybridized carbons (Fsp3) is 0.545. The number of rotatable bonds is 13. The van der Waals surface area contributed by atoms with Crippen LogP contribution in [0.2, 0.25) is 0 Å². The normalized spacial score (nSPS) is 14.4. The molecule has 1 aromatic rings. The summed E-state index contributed by atoms with van der Waals surface area (Å²) in [5.74, 6) is 1.43. The quantitative estimate of drug-likeness (QED) is 0.241. The summed E-state index contributed by atoms with van der Waals surface area (Å²) < 4.78 is 10.8. The summed E-state index contributed by atoms with van der Waals surface area (Å²) in [7, 11) is 1.32. The average molecular weight is 455 g/mol. The van der Waals surface area contributed by atoms with Crippen LogP contribution in [-0.2, 0) is 9.53 Å². The zero-order chi connectivity index (χ0) is 22.5. The molecule has 0 aliphatic rings. The Hall–Kier alpha value is -1.64. The molecule has 3 atom stereocenters. The number of thioether (sulfide) groups is 1. The van der Waals surface area contributed by atoms with E-state index in [-0.39, 0.29) is 17.9 Å². The highest BCUT2D eigenvalue weighted by atomic mass is 32.2. The number of nitrogens with one attached hydrogen (secondary N) is 1. The third kappa shape index (κ3) is 9.02. The predicted molar refractivity (Wildman–Crippen MR) is 128 cm³/mol. The molecule has 0 aromatic heterocycles. The van der Waals surface area contributed by atoms with Gasteiger partial charge in [0.15, 0.2) is 0 Å². The molecule has 1 aromatic carbocycles. The van der Waals surface area contributed by atoms with Crippen LogP contribution in [-0.4, -0.2) is 55.4 Å². The van der Waals surface area contributed by atoms with E-state index in [0.717, 1.165) is 5.75 Å². The van der Waals surface area contributed by atoms with Gasteiger partial charge in [-0.1, -0.05) is 38.1 Å². The van der Waals surface area contributed by atoms with Gasteiger partial charge in [-0.15, -0.1) is 0 Å². The number of amides is 1. The maximum Gasteiger partial charge on any atom is 0.328 e. The molecule has 3 unspecified atom stereocenters. The van der Waals surface area contributed by atoms with Crippen molar-refractivity contribution < 1.29 is 19.1 Å². The van der Waals surface area contributed by atoms with E-state index in [9.17, 15) is 9.59 Å². The van der Waals surface area contributed by atoms with Crippen LogP contribution in [0.4, 0.5) is 0 Å². The molecule has 0 saturated heterocycles. The molecule has 0 bridgehead atoms. The minimum Gasteiger partial charge on any atom is -0.492 e. The minimum absolute atomic E-state index is 0.107. The number of carbonyl (C=O) groups excluding carboxylic acids is 2. The van der Waals surface area contributed by atoms with Crippen molar-refractivity contribution in [3.8, 4) is 5.75 Å². The molecule has 0 fully saturated rings. The zero-order valence-electron chi connectivity index (χ0n) is 18.2. The molecule has 1 rings (SSSR count). The first-order valence-corrected chi connectivity index (χ1v) is 12.0. The second kappa shape index (κ2) is 14.4. The Morgan fingerprint density at radius 2 is 1.97 bits per heavy atom. The Morgan fingerprint density at radius 3 is 2.57 bits per heavy atom. The molecule has 168 valence electrons. The number of hydrogen-bond donors (Lipinski definition) is 3. The van der Waals surface area contributed by atoms with E-state index in [4.69, 9.17) is 15.2 Å². The van der Waals surface area contributed by atoms with Crippen LogP contribution in [0.3, 0.4) is 0 Å². The number of carbonyl (C=O) groups is 2. The Kier molecular flexibility index (Phi) is 12.7. The Morgan fingerprint density at radius 1 is 1.27 bits per heavy atom. The van der Waals surface area contributed by atoms with Crippen molar-refractivity contribution in [1.29, 1.82) is 0 Å². The largest absolute Gasteiger partial charge is 0.492 e. The fourth-order valence-electron chi connectivity index (χ4n) is 2.65. The van der Waals surface area contributed by atoms with Gasteiger partial charge in [-0.05, 0) is 36.5 Å². The average Bonchev–Trinajstić information content (AvgIpc) is 2.75. The van der Waals surface area contributed by atoms with Gasteiger partial charge in [-0.2, -0.15) is 24.4 Å². The summed E-state index contributed by atoms with van der Waals surface area (Å²) in [6.45, 7) is 4.62. The molecule has 0 radical (unpaired) electrons. The topological polar surface area (TPSA) is 90.6 Å². The van der Waals surface area contributed by atoms with Crippen LogP contribution < -0.4 is 15.8 Å². The maximum absolute atomic E-state index is 12.8. The minimum atomic E-state index is -0.697. The number of thiol groups is 1. The highest BCUT2D eigenvalue weighted by molar-refractivity contribution is 7.98. The summed E-state index contributed by atoms with van der Waals surface area (Å²) in [5, 5.41) is 2.77. The van der Waals surface area contributed by atoms with Crippen molar-refractivity contribution in [2.45, 2.75) is 32.4 Å². The van der Waals surface area contributed by atoms with Crippen molar-refractivity contribution in [2.75, 3.05) is 31.5 Å². The Bertz CT molecular complexity index is 697. The second-order valence-electron chi connectivity index (χ2n) is 7.28. The lowest BCUT2D eigenvalue weighted by Gasteiger charge is -2.20. The van der Waals surface area contributed by atoms with Crippen molar-refractivity contribution in [3.63, 3.8) is 0 Å². The van der Waals surface area contributed by atoms with Gasteiger partial charge in [0.05, 0.1) is 19.3 Å². The van der Waals surface area contributed by atoms with E-state index in [1.807, 2.05) is 24.5 Å². The van der Waals surface area contributed by atoms with Gasteiger partial charge in [0, 0.05) is 17.7 Å². The van der Waals surface area contributed by atoms with Crippen LogP contribution in [0.5, 0.6) is 5.75 Å². The van der Waals surface area contributed by atoms with Gasteiger partial charge < -0.3 is 20.5 Å². The zero-order valence-corrected chi connectivity index (χ0v) is 19.9. The summed E-state index contributed by atoms with van der Waals surface area (Å²) in [5.41, 5.74) is 6.30. The molecule has 0 saturated carbocycles. The standard InChI is InChI=1S/C22H34N2O4S2/c1-15(2)16(9-10-17(23)14-29)13-28-20-8-6-5-7-18(20)21(25)24-19(11-12-30-4)22(26)27-3/h5-10,15-17,19,29H,11-14,23H2,1-4H3,(H,24,25). The molecule has 6 nitrogen and oxygen atoms in total. The van der Waals surface area contributed by atoms with Crippen LogP contribution in [0.25, 0.3) is 0 Å². The first kappa shape index (κ1) is 26.4. The Balaban J connectivity index is 2.90. The fourth-order valence-corrected chi connectivity index (χ4v) is 3.24. The number of hydrogen-bond acceptors (Lipinski definition) is 7. The number of benzene rings is 1. The molecule has 1 amide bonds. The highest BCUT2D eigenvalue weighted by Gasteiger charge is 2.23. The van der Waals surface area contributed by atoms with Crippen LogP contribution in [0.15, 0.2) is 36.4 Å². The van der Waals surface area contributed by atoms with Gasteiger partial charge in [0.1, 0.15) is 11.8 Å². The predicted octanol–water partition coefficient (Wildman–Crippen LogP) is 3.18. The summed E-state index contributed by atoms with van der Waals surface area (Å²) in [6, 6.07) is 6.22. The third-order valence-corrected chi connectivity index (χ3v) is 5.70. The van der Waals surface area contributed by atoms with E-state index in [0.29, 0.717) is 36.0 Å². The first-order chi connectivity index (χ1) is 14.3. The molecule has 0 aliphatic heterocycles. The van der Waals surface area contributed by atoms with Crippen LogP contribution in [0.1, 0.15) is 30.6 Å². The van der Waals surface area contributed by atoms with Crippen molar-refractivity contribution >= 4 is 36.3 Å². The maximum atomic E-state index is 12.8. The van der Waals surface area contributed by atoms with Crippen molar-refractivity contribution in [1.82, 2.24) is 5.32 Å².